The Balaban J connectivity index is 1.51. The minimum atomic E-state index is -0.457. The highest BCUT2D eigenvalue weighted by Crippen LogP contribution is 2.70. The lowest BCUT2D eigenvalue weighted by Gasteiger charge is -2.60. The van der Waals surface area contributed by atoms with Gasteiger partial charge in [0.05, 0.1) is 18.3 Å². The van der Waals surface area contributed by atoms with Crippen LogP contribution in [0, 0.1) is 34.5 Å². The summed E-state index contributed by atoms with van der Waals surface area (Å²) in [5.41, 5.74) is 2.15. The van der Waals surface area contributed by atoms with Crippen LogP contribution in [-0.4, -0.2) is 23.4 Å². The average molecular weight is 331 g/mol. The summed E-state index contributed by atoms with van der Waals surface area (Å²) < 4.78 is 6.41. The van der Waals surface area contributed by atoms with E-state index in [9.17, 15) is 5.11 Å². The molecule has 134 valence electrons. The van der Waals surface area contributed by atoms with E-state index in [-0.39, 0.29) is 0 Å². The average Bonchev–Trinajstić information content (AvgIpc) is 3.00. The lowest BCUT2D eigenvalue weighted by Crippen LogP contribution is -2.57. The minimum absolute atomic E-state index is 0.399. The lowest BCUT2D eigenvalue weighted by atomic mass is 9.44. The first kappa shape index (κ1) is 15.9. The zero-order valence-electron chi connectivity index (χ0n) is 15.7. The van der Waals surface area contributed by atoms with Gasteiger partial charge in [-0.25, -0.2) is 0 Å². The molecule has 2 nitrogen and oxygen atoms in total. The third-order valence-electron chi connectivity index (χ3n) is 9.42. The largest absolute Gasteiger partial charge is 0.390 e. The minimum Gasteiger partial charge on any atom is -0.390 e. The van der Waals surface area contributed by atoms with E-state index in [4.69, 9.17) is 4.74 Å². The molecule has 0 amide bonds. The van der Waals surface area contributed by atoms with Gasteiger partial charge < -0.3 is 9.84 Å². The first-order valence-corrected chi connectivity index (χ1v) is 10.4. The first-order chi connectivity index (χ1) is 11.4. The van der Waals surface area contributed by atoms with Gasteiger partial charge in [-0.2, -0.15) is 0 Å². The molecule has 24 heavy (non-hydrogen) atoms. The van der Waals surface area contributed by atoms with E-state index in [1.54, 1.807) is 5.57 Å². The van der Waals surface area contributed by atoms with Crippen molar-refractivity contribution in [3.63, 3.8) is 0 Å². The van der Waals surface area contributed by atoms with Crippen LogP contribution >= 0.6 is 0 Å². The molecule has 5 aliphatic rings. The Morgan fingerprint density at radius 3 is 2.71 bits per heavy atom. The SMILES string of the molecule is C/C=C1/CC[C@H]2[C@@H]3C[C@H]4OC[C@@]5(CC[C@@](C)(O)CC45)C3CC[C@]12C. The van der Waals surface area contributed by atoms with Crippen molar-refractivity contribution in [1.29, 1.82) is 0 Å². The molecule has 5 rings (SSSR count). The summed E-state index contributed by atoms with van der Waals surface area (Å²) in [5, 5.41) is 10.7. The van der Waals surface area contributed by atoms with Crippen molar-refractivity contribution in [2.24, 2.45) is 34.5 Å². The maximum atomic E-state index is 10.7. The van der Waals surface area contributed by atoms with Crippen molar-refractivity contribution in [3.05, 3.63) is 11.6 Å². The van der Waals surface area contributed by atoms with E-state index in [2.05, 4.69) is 26.8 Å². The van der Waals surface area contributed by atoms with E-state index in [0.29, 0.717) is 22.9 Å². The van der Waals surface area contributed by atoms with Crippen molar-refractivity contribution in [2.75, 3.05) is 6.61 Å². The number of rotatable bonds is 0. The Labute approximate surface area is 147 Å². The number of fused-ring (bicyclic) bond motifs is 3. The third-order valence-corrected chi connectivity index (χ3v) is 9.42. The molecule has 1 aliphatic heterocycles. The Kier molecular flexibility index (Phi) is 3.23. The molecular formula is C22H34O2. The quantitative estimate of drug-likeness (QED) is 0.652. The van der Waals surface area contributed by atoms with E-state index in [0.717, 1.165) is 37.2 Å². The molecule has 1 heterocycles. The summed E-state index contributed by atoms with van der Waals surface area (Å²) in [7, 11) is 0. The Morgan fingerprint density at radius 2 is 1.92 bits per heavy atom. The summed E-state index contributed by atoms with van der Waals surface area (Å²) >= 11 is 0. The van der Waals surface area contributed by atoms with E-state index < -0.39 is 5.60 Å². The zero-order chi connectivity index (χ0) is 16.7. The van der Waals surface area contributed by atoms with Gasteiger partial charge in [-0.15, -0.1) is 0 Å². The van der Waals surface area contributed by atoms with Crippen LogP contribution in [0.5, 0.6) is 0 Å². The normalized spacial score (nSPS) is 60.7. The van der Waals surface area contributed by atoms with E-state index >= 15 is 0 Å². The molecule has 8 atom stereocenters. The predicted molar refractivity (Wildman–Crippen MR) is 95.6 cm³/mol. The van der Waals surface area contributed by atoms with Crippen molar-refractivity contribution in [1.82, 2.24) is 0 Å². The topological polar surface area (TPSA) is 29.5 Å². The van der Waals surface area contributed by atoms with Crippen LogP contribution in [0.25, 0.3) is 0 Å². The van der Waals surface area contributed by atoms with Crippen molar-refractivity contribution < 1.29 is 9.84 Å². The van der Waals surface area contributed by atoms with Crippen LogP contribution in [-0.2, 0) is 4.74 Å². The van der Waals surface area contributed by atoms with Crippen LogP contribution < -0.4 is 0 Å². The molecule has 1 N–H and O–H groups in total. The molecule has 4 saturated carbocycles. The second-order valence-electron chi connectivity index (χ2n) is 10.3. The summed E-state index contributed by atoms with van der Waals surface area (Å²) in [4.78, 5) is 0. The predicted octanol–water partition coefficient (Wildman–Crippen LogP) is 4.72. The Morgan fingerprint density at radius 1 is 1.08 bits per heavy atom. The summed E-state index contributed by atoms with van der Waals surface area (Å²) in [6.07, 6.45) is 12.8. The molecule has 2 heteroatoms. The molecule has 0 spiro atoms. The molecule has 0 radical (unpaired) electrons. The molecule has 0 aromatic heterocycles. The molecule has 4 aliphatic carbocycles. The van der Waals surface area contributed by atoms with Crippen molar-refractivity contribution in [2.45, 2.75) is 83.8 Å². The lowest BCUT2D eigenvalue weighted by molar-refractivity contribution is -0.130. The van der Waals surface area contributed by atoms with E-state index in [1.165, 1.54) is 38.5 Å². The fourth-order valence-corrected chi connectivity index (χ4v) is 8.25. The van der Waals surface area contributed by atoms with Crippen molar-refractivity contribution >= 4 is 0 Å². The number of allylic oxidation sites excluding steroid dienone is 2. The second kappa shape index (κ2) is 4.88. The number of hydrogen-bond donors (Lipinski definition) is 1. The molecule has 2 bridgehead atoms. The summed E-state index contributed by atoms with van der Waals surface area (Å²) in [6.45, 7) is 7.85. The van der Waals surface area contributed by atoms with Crippen LogP contribution in [0.3, 0.4) is 0 Å². The Bertz CT molecular complexity index is 579. The van der Waals surface area contributed by atoms with Gasteiger partial charge in [0.1, 0.15) is 0 Å². The molecular weight excluding hydrogens is 296 g/mol. The number of aliphatic hydroxyl groups is 1. The third kappa shape index (κ3) is 1.85. The van der Waals surface area contributed by atoms with Crippen molar-refractivity contribution in [3.8, 4) is 0 Å². The van der Waals surface area contributed by atoms with Gasteiger partial charge in [0.15, 0.2) is 0 Å². The van der Waals surface area contributed by atoms with Crippen LogP contribution in [0.2, 0.25) is 0 Å². The van der Waals surface area contributed by atoms with Gasteiger partial charge in [-0.1, -0.05) is 18.6 Å². The van der Waals surface area contributed by atoms with Crippen LogP contribution in [0.1, 0.15) is 72.1 Å². The summed E-state index contributed by atoms with van der Waals surface area (Å²) in [6, 6.07) is 0. The van der Waals surface area contributed by atoms with Gasteiger partial charge in [0.2, 0.25) is 0 Å². The monoisotopic (exact) mass is 330 g/mol. The molecule has 5 fully saturated rings. The van der Waals surface area contributed by atoms with Gasteiger partial charge in [-0.3, -0.25) is 0 Å². The van der Waals surface area contributed by atoms with Gasteiger partial charge in [0.25, 0.3) is 0 Å². The second-order valence-corrected chi connectivity index (χ2v) is 10.3. The zero-order valence-corrected chi connectivity index (χ0v) is 15.7. The highest BCUT2D eigenvalue weighted by atomic mass is 16.5. The number of ether oxygens (including phenoxy) is 1. The van der Waals surface area contributed by atoms with Gasteiger partial charge in [-0.05, 0) is 94.3 Å². The smallest absolute Gasteiger partial charge is 0.0623 e. The van der Waals surface area contributed by atoms with Gasteiger partial charge in [0, 0.05) is 5.41 Å². The molecule has 2 unspecified atom stereocenters. The molecule has 0 aromatic carbocycles. The molecule has 1 saturated heterocycles. The van der Waals surface area contributed by atoms with Gasteiger partial charge >= 0.3 is 0 Å². The van der Waals surface area contributed by atoms with Crippen LogP contribution in [0.15, 0.2) is 11.6 Å². The standard InChI is InChI=1S/C22H34O2/c1-4-14-5-6-16-15-11-19-18-12-20(2,23)9-10-22(18,13-24-19)17(15)7-8-21(14,16)3/h4,15-19,23H,5-13H2,1-3H3/b14-4-/t15-,16-,17?,18?,19+,20+,21+,22-/m0/s1. The number of hydrogen-bond acceptors (Lipinski definition) is 2. The highest BCUT2D eigenvalue weighted by Gasteiger charge is 2.66. The highest BCUT2D eigenvalue weighted by molar-refractivity contribution is 5.25. The fourth-order valence-electron chi connectivity index (χ4n) is 8.25. The summed E-state index contributed by atoms with van der Waals surface area (Å²) in [5.74, 6) is 3.22. The fraction of sp³-hybridized carbons (Fsp3) is 0.909. The van der Waals surface area contributed by atoms with E-state index in [1.807, 2.05) is 0 Å². The maximum absolute atomic E-state index is 10.7. The molecule has 0 aromatic rings. The Hall–Kier alpha value is -0.340. The maximum Gasteiger partial charge on any atom is 0.0623 e. The first-order valence-electron chi connectivity index (χ1n) is 10.4. The van der Waals surface area contributed by atoms with Crippen LogP contribution in [0.4, 0.5) is 0 Å².